The first-order chi connectivity index (χ1) is 7.18. The first-order valence-corrected chi connectivity index (χ1v) is 5.91. The molecule has 0 radical (unpaired) electrons. The van der Waals surface area contributed by atoms with Crippen molar-refractivity contribution in [3.63, 3.8) is 0 Å². The van der Waals surface area contributed by atoms with Crippen molar-refractivity contribution < 1.29 is 0 Å². The maximum atomic E-state index is 6.27. The van der Waals surface area contributed by atoms with Crippen molar-refractivity contribution in [2.75, 3.05) is 0 Å². The van der Waals surface area contributed by atoms with Crippen molar-refractivity contribution in [3.05, 3.63) is 45.4 Å². The molecule has 0 amide bonds. The molecule has 0 aliphatic heterocycles. The Kier molecular flexibility index (Phi) is 2.14. The number of hydrogen-bond donors (Lipinski definition) is 0. The molecular formula is C12H7Cl3. The molecule has 1 aliphatic carbocycles. The largest absolute Gasteiger partial charge is 0.117 e. The molecular weight excluding hydrogens is 250 g/mol. The summed E-state index contributed by atoms with van der Waals surface area (Å²) in [6.07, 6.45) is 0.866. The first-order valence-electron chi connectivity index (χ1n) is 4.72. The Morgan fingerprint density at radius 3 is 2.33 bits per heavy atom. The molecule has 1 unspecified atom stereocenters. The van der Waals surface area contributed by atoms with E-state index in [9.17, 15) is 0 Å². The minimum absolute atomic E-state index is 0.0539. The quantitative estimate of drug-likeness (QED) is 0.584. The van der Waals surface area contributed by atoms with E-state index in [2.05, 4.69) is 0 Å². The number of alkyl halides is 1. The second-order valence-electron chi connectivity index (χ2n) is 3.76. The molecule has 1 atom stereocenters. The Morgan fingerprint density at radius 2 is 1.60 bits per heavy atom. The predicted molar refractivity (Wildman–Crippen MR) is 66.3 cm³/mol. The fraction of sp³-hybridized carbons (Fsp3) is 0.167. The molecule has 3 heteroatoms. The van der Waals surface area contributed by atoms with Crippen LogP contribution in [0.4, 0.5) is 0 Å². The van der Waals surface area contributed by atoms with Gasteiger partial charge in [0.05, 0.1) is 5.38 Å². The SMILES string of the molecule is Clc1ccc2c3c(ccc(Cl)c13)C(Cl)C2. The number of halogens is 3. The zero-order valence-electron chi connectivity index (χ0n) is 7.73. The monoisotopic (exact) mass is 256 g/mol. The Morgan fingerprint density at radius 1 is 0.933 bits per heavy atom. The zero-order chi connectivity index (χ0) is 10.6. The van der Waals surface area contributed by atoms with E-state index < -0.39 is 0 Å². The van der Waals surface area contributed by atoms with Crippen LogP contribution >= 0.6 is 34.8 Å². The number of hydrogen-bond acceptors (Lipinski definition) is 0. The summed E-state index contributed by atoms with van der Waals surface area (Å²) in [6, 6.07) is 7.79. The summed E-state index contributed by atoms with van der Waals surface area (Å²) in [4.78, 5) is 0. The zero-order valence-corrected chi connectivity index (χ0v) is 10.00. The summed E-state index contributed by atoms with van der Waals surface area (Å²) in [5.74, 6) is 0. The lowest BCUT2D eigenvalue weighted by molar-refractivity contribution is 0.978. The molecule has 0 nitrogen and oxygen atoms in total. The summed E-state index contributed by atoms with van der Waals surface area (Å²) < 4.78 is 0. The summed E-state index contributed by atoms with van der Waals surface area (Å²) in [6.45, 7) is 0. The molecule has 3 rings (SSSR count). The van der Waals surface area contributed by atoms with Gasteiger partial charge in [-0.2, -0.15) is 0 Å². The maximum Gasteiger partial charge on any atom is 0.0631 e. The Bertz CT molecular complexity index is 552. The fourth-order valence-corrected chi connectivity index (χ4v) is 3.16. The highest BCUT2D eigenvalue weighted by atomic mass is 35.5. The summed E-state index contributed by atoms with van der Waals surface area (Å²) in [5, 5.41) is 3.54. The van der Waals surface area contributed by atoms with Crippen LogP contribution in [0.25, 0.3) is 10.8 Å². The standard InChI is InChI=1S/C12H7Cl3/c13-8-3-1-6-5-10(15)7-2-4-9(14)12(8)11(6)7/h1-4,10H,5H2. The van der Waals surface area contributed by atoms with E-state index in [4.69, 9.17) is 34.8 Å². The molecule has 0 saturated heterocycles. The Balaban J connectivity index is 2.55. The van der Waals surface area contributed by atoms with Crippen molar-refractivity contribution in [1.82, 2.24) is 0 Å². The van der Waals surface area contributed by atoms with Crippen LogP contribution in [-0.4, -0.2) is 0 Å². The van der Waals surface area contributed by atoms with Crippen molar-refractivity contribution >= 4 is 45.6 Å². The summed E-state index contributed by atoms with van der Waals surface area (Å²) in [5.41, 5.74) is 2.39. The highest BCUT2D eigenvalue weighted by molar-refractivity contribution is 6.43. The van der Waals surface area contributed by atoms with Crippen LogP contribution in [0.2, 0.25) is 10.0 Å². The molecule has 0 heterocycles. The highest BCUT2D eigenvalue weighted by Gasteiger charge is 2.24. The van der Waals surface area contributed by atoms with Crippen LogP contribution in [0.5, 0.6) is 0 Å². The Labute approximate surface area is 103 Å². The second kappa shape index (κ2) is 3.28. The third kappa shape index (κ3) is 1.29. The van der Waals surface area contributed by atoms with Gasteiger partial charge < -0.3 is 0 Å². The molecule has 0 spiro atoms. The number of rotatable bonds is 0. The predicted octanol–water partition coefficient (Wildman–Crippen LogP) is 4.98. The van der Waals surface area contributed by atoms with Gasteiger partial charge in [-0.3, -0.25) is 0 Å². The topological polar surface area (TPSA) is 0 Å². The van der Waals surface area contributed by atoms with Crippen LogP contribution in [0.1, 0.15) is 16.5 Å². The van der Waals surface area contributed by atoms with Crippen molar-refractivity contribution in [1.29, 1.82) is 0 Å². The molecule has 76 valence electrons. The van der Waals surface area contributed by atoms with Gasteiger partial charge in [0, 0.05) is 15.4 Å². The van der Waals surface area contributed by atoms with Crippen LogP contribution < -0.4 is 0 Å². The molecule has 0 bridgehead atoms. The summed E-state index contributed by atoms with van der Waals surface area (Å²) in [7, 11) is 0. The lowest BCUT2D eigenvalue weighted by atomic mass is 10.1. The van der Waals surface area contributed by atoms with E-state index in [1.165, 1.54) is 5.56 Å². The van der Waals surface area contributed by atoms with Crippen molar-refractivity contribution in [2.24, 2.45) is 0 Å². The van der Waals surface area contributed by atoms with Gasteiger partial charge >= 0.3 is 0 Å². The normalized spacial score (nSPS) is 18.7. The molecule has 2 aromatic rings. The second-order valence-corrected chi connectivity index (χ2v) is 5.11. The lowest BCUT2D eigenvalue weighted by Gasteiger charge is -2.06. The van der Waals surface area contributed by atoms with Crippen LogP contribution in [-0.2, 0) is 6.42 Å². The van der Waals surface area contributed by atoms with E-state index in [1.54, 1.807) is 0 Å². The van der Waals surface area contributed by atoms with E-state index in [0.717, 1.165) is 22.8 Å². The van der Waals surface area contributed by atoms with E-state index >= 15 is 0 Å². The highest BCUT2D eigenvalue weighted by Crippen LogP contribution is 2.44. The molecule has 2 aromatic carbocycles. The smallest absolute Gasteiger partial charge is 0.0631 e. The maximum absolute atomic E-state index is 6.27. The van der Waals surface area contributed by atoms with Gasteiger partial charge in [0.2, 0.25) is 0 Å². The molecule has 0 N–H and O–H groups in total. The van der Waals surface area contributed by atoms with Crippen LogP contribution in [0.3, 0.4) is 0 Å². The van der Waals surface area contributed by atoms with Gasteiger partial charge in [-0.15, -0.1) is 11.6 Å². The lowest BCUT2D eigenvalue weighted by Crippen LogP contribution is -1.83. The average molecular weight is 258 g/mol. The van der Waals surface area contributed by atoms with Gasteiger partial charge in [-0.05, 0) is 35.1 Å². The fourth-order valence-electron chi connectivity index (χ4n) is 2.25. The van der Waals surface area contributed by atoms with E-state index in [-0.39, 0.29) is 5.38 Å². The van der Waals surface area contributed by atoms with Gasteiger partial charge in [0.1, 0.15) is 0 Å². The van der Waals surface area contributed by atoms with Gasteiger partial charge in [0.25, 0.3) is 0 Å². The summed E-state index contributed by atoms with van der Waals surface area (Å²) >= 11 is 18.6. The van der Waals surface area contributed by atoms with Gasteiger partial charge in [-0.1, -0.05) is 35.3 Å². The molecule has 0 saturated carbocycles. The van der Waals surface area contributed by atoms with Crippen molar-refractivity contribution in [3.8, 4) is 0 Å². The minimum Gasteiger partial charge on any atom is -0.117 e. The minimum atomic E-state index is 0.0539. The third-order valence-electron chi connectivity index (χ3n) is 2.91. The molecule has 1 aliphatic rings. The molecule has 0 fully saturated rings. The number of benzene rings is 2. The van der Waals surface area contributed by atoms with E-state index in [0.29, 0.717) is 10.0 Å². The third-order valence-corrected chi connectivity index (χ3v) is 3.93. The first kappa shape index (κ1) is 9.77. The van der Waals surface area contributed by atoms with Crippen molar-refractivity contribution in [2.45, 2.75) is 11.8 Å². The molecule has 15 heavy (non-hydrogen) atoms. The van der Waals surface area contributed by atoms with Gasteiger partial charge in [0.15, 0.2) is 0 Å². The average Bonchev–Trinajstić information content (AvgIpc) is 2.52. The van der Waals surface area contributed by atoms with E-state index in [1.807, 2.05) is 24.3 Å². The molecule has 0 aromatic heterocycles. The van der Waals surface area contributed by atoms with Crippen LogP contribution in [0, 0.1) is 0 Å². The Hall–Kier alpha value is -0.430. The van der Waals surface area contributed by atoms with Gasteiger partial charge in [-0.25, -0.2) is 0 Å². The van der Waals surface area contributed by atoms with Crippen LogP contribution in [0.15, 0.2) is 24.3 Å².